The lowest BCUT2D eigenvalue weighted by Crippen LogP contribution is -2.37. The van der Waals surface area contributed by atoms with Crippen LogP contribution in [0.25, 0.3) is 6.08 Å². The quantitative estimate of drug-likeness (QED) is 0.381. The number of nitrogens with zero attached hydrogens (tertiary/aromatic N) is 2. The number of carbonyl (C=O) groups excluding carboxylic acids is 3. The Balaban J connectivity index is 1.67. The molecule has 0 saturated carbocycles. The molecule has 8 nitrogen and oxygen atoms in total. The largest absolute Gasteiger partial charge is 0.444 e. The minimum atomic E-state index is -0.560. The van der Waals surface area contributed by atoms with Gasteiger partial charge in [0.05, 0.1) is 5.69 Å². The van der Waals surface area contributed by atoms with Crippen molar-refractivity contribution in [1.82, 2.24) is 10.2 Å². The van der Waals surface area contributed by atoms with Crippen LogP contribution in [0.2, 0.25) is 0 Å². The van der Waals surface area contributed by atoms with Gasteiger partial charge in [-0.1, -0.05) is 42.5 Å². The molecule has 0 aliphatic carbocycles. The van der Waals surface area contributed by atoms with Gasteiger partial charge in [-0.15, -0.1) is 0 Å². The molecule has 1 aliphatic rings. The fourth-order valence-corrected chi connectivity index (χ4v) is 3.97. The second kappa shape index (κ2) is 12.3. The zero-order chi connectivity index (χ0) is 27.0. The summed E-state index contributed by atoms with van der Waals surface area (Å²) in [5, 5.41) is 2.72. The molecule has 2 aromatic rings. The SMILES string of the molecule is CCN(CCCNC(=O)OC(C)(C)C)C(=O)C1=Cc2ccc(C(=O)Cc3ccccc3)cc2N=C(N)C1. The molecular weight excluding hydrogens is 468 g/mol. The normalized spacial score (nSPS) is 13.0. The van der Waals surface area contributed by atoms with Crippen LogP contribution >= 0.6 is 0 Å². The standard InChI is InChI=1S/C29H36N4O4/c1-5-33(15-9-14-31-28(36)37-29(2,3)4)27(35)23-17-21-12-13-22(18-24(21)32-26(30)19-23)25(34)16-20-10-7-6-8-11-20/h6-8,10-13,17-18H,5,9,14-16,19H2,1-4H3,(H2,30,32)(H,31,36). The van der Waals surface area contributed by atoms with Gasteiger partial charge in [0.2, 0.25) is 5.91 Å². The maximum absolute atomic E-state index is 13.3. The van der Waals surface area contributed by atoms with E-state index in [2.05, 4.69) is 10.3 Å². The Bertz CT molecular complexity index is 1200. The predicted octanol–water partition coefficient (Wildman–Crippen LogP) is 4.65. The number of hydrogen-bond donors (Lipinski definition) is 2. The summed E-state index contributed by atoms with van der Waals surface area (Å²) < 4.78 is 5.24. The van der Waals surface area contributed by atoms with E-state index in [1.165, 1.54) is 0 Å². The average Bonchev–Trinajstić information content (AvgIpc) is 3.00. The molecule has 0 radical (unpaired) electrons. The Kier molecular flexibility index (Phi) is 9.22. The smallest absolute Gasteiger partial charge is 0.407 e. The molecule has 0 atom stereocenters. The summed E-state index contributed by atoms with van der Waals surface area (Å²) in [5.74, 6) is 0.174. The van der Waals surface area contributed by atoms with Crippen LogP contribution in [0, 0.1) is 0 Å². The van der Waals surface area contributed by atoms with Crippen LogP contribution in [0.15, 0.2) is 59.1 Å². The zero-order valence-electron chi connectivity index (χ0n) is 22.0. The number of ketones is 1. The first-order valence-electron chi connectivity index (χ1n) is 12.6. The lowest BCUT2D eigenvalue weighted by atomic mass is 10.00. The summed E-state index contributed by atoms with van der Waals surface area (Å²) in [6.07, 6.45) is 2.42. The zero-order valence-corrected chi connectivity index (χ0v) is 22.0. The van der Waals surface area contributed by atoms with E-state index in [1.54, 1.807) is 43.9 Å². The van der Waals surface area contributed by atoms with Crippen molar-refractivity contribution in [3.8, 4) is 0 Å². The molecule has 0 saturated heterocycles. The first-order valence-corrected chi connectivity index (χ1v) is 12.6. The van der Waals surface area contributed by atoms with E-state index >= 15 is 0 Å². The van der Waals surface area contributed by atoms with Crippen LogP contribution in [0.1, 0.15) is 62.0 Å². The third kappa shape index (κ3) is 8.31. The molecule has 0 fully saturated rings. The summed E-state index contributed by atoms with van der Waals surface area (Å²) in [4.78, 5) is 44.2. The molecule has 1 heterocycles. The molecule has 0 spiro atoms. The summed E-state index contributed by atoms with van der Waals surface area (Å²) in [7, 11) is 0. The molecule has 0 aromatic heterocycles. The Morgan fingerprint density at radius 2 is 1.84 bits per heavy atom. The highest BCUT2D eigenvalue weighted by molar-refractivity contribution is 6.06. The third-order valence-corrected chi connectivity index (χ3v) is 5.74. The number of likely N-dealkylation sites (N-methyl/N-ethyl adjacent to an activating group) is 1. The first-order chi connectivity index (χ1) is 17.6. The lowest BCUT2D eigenvalue weighted by Gasteiger charge is -2.23. The molecule has 196 valence electrons. The molecule has 0 unspecified atom stereocenters. The summed E-state index contributed by atoms with van der Waals surface area (Å²) in [6, 6.07) is 14.9. The highest BCUT2D eigenvalue weighted by atomic mass is 16.6. The number of nitrogens with one attached hydrogen (secondary N) is 1. The number of fused-ring (bicyclic) bond motifs is 1. The maximum atomic E-state index is 13.3. The summed E-state index contributed by atoms with van der Waals surface area (Å²) in [5.41, 5.74) is 8.95. The summed E-state index contributed by atoms with van der Waals surface area (Å²) in [6.45, 7) is 8.71. The van der Waals surface area contributed by atoms with E-state index in [9.17, 15) is 14.4 Å². The molecule has 37 heavy (non-hydrogen) atoms. The van der Waals surface area contributed by atoms with Crippen LogP contribution in [-0.2, 0) is 16.0 Å². The summed E-state index contributed by atoms with van der Waals surface area (Å²) >= 11 is 0. The van der Waals surface area contributed by atoms with Gasteiger partial charge in [0.15, 0.2) is 5.78 Å². The highest BCUT2D eigenvalue weighted by Crippen LogP contribution is 2.29. The van der Waals surface area contributed by atoms with Crippen molar-refractivity contribution in [2.45, 2.75) is 52.6 Å². The second-order valence-electron chi connectivity index (χ2n) is 9.98. The van der Waals surface area contributed by atoms with Gasteiger partial charge in [0, 0.05) is 49.2 Å². The number of rotatable bonds is 9. The van der Waals surface area contributed by atoms with Gasteiger partial charge < -0.3 is 20.7 Å². The number of carbonyl (C=O) groups is 3. The predicted molar refractivity (Wildman–Crippen MR) is 146 cm³/mol. The number of amidine groups is 1. The molecular formula is C29H36N4O4. The number of ether oxygens (including phenoxy) is 1. The van der Waals surface area contributed by atoms with E-state index in [4.69, 9.17) is 10.5 Å². The maximum Gasteiger partial charge on any atom is 0.407 e. The van der Waals surface area contributed by atoms with Crippen LogP contribution in [0.3, 0.4) is 0 Å². The minimum Gasteiger partial charge on any atom is -0.444 e. The number of aliphatic imine (C=N–C) groups is 1. The van der Waals surface area contributed by atoms with Crippen molar-refractivity contribution in [1.29, 1.82) is 0 Å². The molecule has 3 rings (SSSR count). The monoisotopic (exact) mass is 504 g/mol. The van der Waals surface area contributed by atoms with Crippen LogP contribution < -0.4 is 11.1 Å². The Hall–Kier alpha value is -3.94. The second-order valence-corrected chi connectivity index (χ2v) is 9.98. The van der Waals surface area contributed by atoms with Crippen molar-refractivity contribution in [3.05, 3.63) is 70.8 Å². The third-order valence-electron chi connectivity index (χ3n) is 5.74. The van der Waals surface area contributed by atoms with Gasteiger partial charge in [-0.2, -0.15) is 0 Å². The molecule has 2 amide bonds. The number of benzene rings is 2. The molecule has 0 bridgehead atoms. The number of nitrogens with two attached hydrogens (primary N) is 1. The van der Waals surface area contributed by atoms with E-state index in [1.807, 2.05) is 43.3 Å². The number of hydrogen-bond acceptors (Lipinski definition) is 6. The Labute approximate surface area is 218 Å². The number of Topliss-reactive ketones (excluding diaryl/α,β-unsaturated/α-hetero) is 1. The minimum absolute atomic E-state index is 0.00977. The van der Waals surface area contributed by atoms with Crippen molar-refractivity contribution < 1.29 is 19.1 Å². The average molecular weight is 505 g/mol. The van der Waals surface area contributed by atoms with Crippen molar-refractivity contribution >= 4 is 35.4 Å². The van der Waals surface area contributed by atoms with Gasteiger partial charge in [0.1, 0.15) is 11.4 Å². The Morgan fingerprint density at radius 1 is 1.11 bits per heavy atom. The van der Waals surface area contributed by atoms with E-state index in [0.29, 0.717) is 55.1 Å². The highest BCUT2D eigenvalue weighted by Gasteiger charge is 2.22. The van der Waals surface area contributed by atoms with Gasteiger partial charge in [-0.05, 0) is 51.8 Å². The van der Waals surface area contributed by atoms with Gasteiger partial charge in [-0.3, -0.25) is 9.59 Å². The van der Waals surface area contributed by atoms with Crippen molar-refractivity contribution in [2.24, 2.45) is 10.7 Å². The fourth-order valence-electron chi connectivity index (χ4n) is 3.97. The topological polar surface area (TPSA) is 114 Å². The van der Waals surface area contributed by atoms with Gasteiger partial charge in [0.25, 0.3) is 0 Å². The van der Waals surface area contributed by atoms with Crippen molar-refractivity contribution in [2.75, 3.05) is 19.6 Å². The van der Waals surface area contributed by atoms with Crippen LogP contribution in [0.5, 0.6) is 0 Å². The van der Waals surface area contributed by atoms with Crippen LogP contribution in [0.4, 0.5) is 10.5 Å². The van der Waals surface area contributed by atoms with E-state index in [-0.39, 0.29) is 18.1 Å². The molecule has 3 N–H and O–H groups in total. The molecule has 8 heteroatoms. The first kappa shape index (κ1) is 27.6. The van der Waals surface area contributed by atoms with Crippen molar-refractivity contribution in [3.63, 3.8) is 0 Å². The fraction of sp³-hybridized carbons (Fsp3) is 0.379. The van der Waals surface area contributed by atoms with E-state index in [0.717, 1.165) is 11.1 Å². The van der Waals surface area contributed by atoms with E-state index < -0.39 is 11.7 Å². The van der Waals surface area contributed by atoms with Gasteiger partial charge in [-0.25, -0.2) is 9.79 Å². The molecule has 1 aliphatic heterocycles. The number of alkyl carbamates (subject to hydrolysis) is 1. The Morgan fingerprint density at radius 3 is 2.51 bits per heavy atom. The van der Waals surface area contributed by atoms with Gasteiger partial charge >= 0.3 is 6.09 Å². The lowest BCUT2D eigenvalue weighted by molar-refractivity contribution is -0.127. The molecule has 2 aromatic carbocycles. The van der Waals surface area contributed by atoms with Crippen LogP contribution in [-0.4, -0.2) is 53.8 Å². The number of amides is 2.